The molecule has 5 nitrogen and oxygen atoms in total. The number of carbonyl (C=O) groups excluding carboxylic acids is 1. The molecule has 1 aromatic rings. The third-order valence-corrected chi connectivity index (χ3v) is 5.11. The third kappa shape index (κ3) is 2.99. The zero-order chi connectivity index (χ0) is 14.9. The smallest absolute Gasteiger partial charge is 0.244 e. The molecule has 0 aliphatic carbocycles. The van der Waals surface area contributed by atoms with Crippen LogP contribution in [-0.2, 0) is 14.8 Å². The molecule has 0 spiro atoms. The van der Waals surface area contributed by atoms with Crippen LogP contribution in [0.3, 0.4) is 0 Å². The number of carbonyl (C=O) groups is 1. The first-order valence-corrected chi connectivity index (χ1v) is 7.81. The Kier molecular flexibility index (Phi) is 4.10. The summed E-state index contributed by atoms with van der Waals surface area (Å²) >= 11 is 0. The molecule has 0 radical (unpaired) electrons. The predicted molar refractivity (Wildman–Crippen MR) is 72.1 cm³/mol. The van der Waals surface area contributed by atoms with Crippen LogP contribution in [0.15, 0.2) is 23.1 Å². The van der Waals surface area contributed by atoms with Crippen molar-refractivity contribution in [3.8, 4) is 0 Å². The summed E-state index contributed by atoms with van der Waals surface area (Å²) in [5.74, 6) is -0.897. The lowest BCUT2D eigenvalue weighted by Crippen LogP contribution is -2.46. The highest BCUT2D eigenvalue weighted by atomic mass is 32.2. The largest absolute Gasteiger partial charge is 0.346 e. The average Bonchev–Trinajstić information content (AvgIpc) is 2.33. The van der Waals surface area contributed by atoms with Gasteiger partial charge >= 0.3 is 0 Å². The van der Waals surface area contributed by atoms with Gasteiger partial charge < -0.3 is 4.90 Å². The van der Waals surface area contributed by atoms with E-state index >= 15 is 0 Å². The number of piperidine rings is 1. The molecule has 0 saturated carbocycles. The Morgan fingerprint density at radius 3 is 2.70 bits per heavy atom. The highest BCUT2D eigenvalue weighted by Crippen LogP contribution is 2.20. The number of aryl methyl sites for hydroxylation is 1. The summed E-state index contributed by atoms with van der Waals surface area (Å²) in [6.45, 7) is 2.03. The lowest BCUT2D eigenvalue weighted by Gasteiger charge is -2.29. The second kappa shape index (κ2) is 5.49. The van der Waals surface area contributed by atoms with E-state index in [2.05, 4.69) is 4.72 Å². The first kappa shape index (κ1) is 14.9. The summed E-state index contributed by atoms with van der Waals surface area (Å²) in [5.41, 5.74) is 0.344. The molecule has 1 aromatic carbocycles. The van der Waals surface area contributed by atoms with Gasteiger partial charge in [-0.1, -0.05) is 12.1 Å². The molecule has 1 heterocycles. The highest BCUT2D eigenvalue weighted by Gasteiger charge is 2.29. The van der Waals surface area contributed by atoms with Gasteiger partial charge in [0.15, 0.2) is 0 Å². The van der Waals surface area contributed by atoms with Gasteiger partial charge in [-0.25, -0.2) is 17.5 Å². The molecule has 1 aliphatic rings. The molecule has 1 N–H and O–H groups in total. The minimum atomic E-state index is -3.96. The maximum atomic E-state index is 13.7. The van der Waals surface area contributed by atoms with Crippen molar-refractivity contribution < 1.29 is 17.6 Å². The van der Waals surface area contributed by atoms with Crippen molar-refractivity contribution >= 4 is 15.9 Å². The molecule has 20 heavy (non-hydrogen) atoms. The normalized spacial score (nSPS) is 20.2. The van der Waals surface area contributed by atoms with E-state index in [1.807, 2.05) is 0 Å². The van der Waals surface area contributed by atoms with Crippen LogP contribution in [-0.4, -0.2) is 38.9 Å². The fourth-order valence-corrected chi connectivity index (χ4v) is 3.85. The van der Waals surface area contributed by atoms with E-state index in [9.17, 15) is 17.6 Å². The summed E-state index contributed by atoms with van der Waals surface area (Å²) in [4.78, 5) is 12.8. The molecule has 0 bridgehead atoms. The molecule has 110 valence electrons. The van der Waals surface area contributed by atoms with Crippen molar-refractivity contribution in [3.05, 3.63) is 29.6 Å². The SMILES string of the molecule is Cc1cccc(F)c1S(=O)(=O)NC1CCN(C)C(=O)C1. The average molecular weight is 300 g/mol. The van der Waals surface area contributed by atoms with Crippen LogP contribution in [0.1, 0.15) is 18.4 Å². The van der Waals surface area contributed by atoms with Gasteiger partial charge in [-0.15, -0.1) is 0 Å². The number of rotatable bonds is 3. The van der Waals surface area contributed by atoms with Gasteiger partial charge in [0.05, 0.1) is 0 Å². The molecule has 7 heteroatoms. The Bertz CT molecular complexity index is 610. The lowest BCUT2D eigenvalue weighted by atomic mass is 10.1. The summed E-state index contributed by atoms with van der Waals surface area (Å²) in [5, 5.41) is 0. The van der Waals surface area contributed by atoms with Crippen molar-refractivity contribution in [2.45, 2.75) is 30.7 Å². The molecule has 0 aromatic heterocycles. The second-order valence-corrected chi connectivity index (χ2v) is 6.66. The first-order chi connectivity index (χ1) is 9.31. The van der Waals surface area contributed by atoms with Gasteiger partial charge in [-0.3, -0.25) is 4.79 Å². The Morgan fingerprint density at radius 1 is 1.40 bits per heavy atom. The van der Waals surface area contributed by atoms with E-state index in [0.29, 0.717) is 18.5 Å². The van der Waals surface area contributed by atoms with E-state index in [-0.39, 0.29) is 17.2 Å². The zero-order valence-corrected chi connectivity index (χ0v) is 12.2. The Labute approximate surface area is 117 Å². The molecule has 1 atom stereocenters. The van der Waals surface area contributed by atoms with Crippen LogP contribution >= 0.6 is 0 Å². The number of halogens is 1. The van der Waals surface area contributed by atoms with Gasteiger partial charge in [-0.05, 0) is 25.0 Å². The highest BCUT2D eigenvalue weighted by molar-refractivity contribution is 7.89. The topological polar surface area (TPSA) is 66.5 Å². The molecule has 1 amide bonds. The van der Waals surface area contributed by atoms with E-state index < -0.39 is 21.9 Å². The summed E-state index contributed by atoms with van der Waals surface area (Å²) in [6, 6.07) is 3.63. The Hall–Kier alpha value is -1.47. The standard InChI is InChI=1S/C13H17FN2O3S/c1-9-4-3-5-11(14)13(9)20(18,19)15-10-6-7-16(2)12(17)8-10/h3-5,10,15H,6-8H2,1-2H3. The van der Waals surface area contributed by atoms with Crippen LogP contribution in [0, 0.1) is 12.7 Å². The van der Waals surface area contributed by atoms with Crippen LogP contribution in [0.5, 0.6) is 0 Å². The number of nitrogens with one attached hydrogen (secondary N) is 1. The molecule has 1 aliphatic heterocycles. The van der Waals surface area contributed by atoms with Crippen molar-refractivity contribution in [1.29, 1.82) is 0 Å². The zero-order valence-electron chi connectivity index (χ0n) is 11.4. The van der Waals surface area contributed by atoms with Crippen LogP contribution in [0.4, 0.5) is 4.39 Å². The van der Waals surface area contributed by atoms with Gasteiger partial charge in [0.1, 0.15) is 10.7 Å². The maximum Gasteiger partial charge on any atom is 0.244 e. The number of likely N-dealkylation sites (tertiary alicyclic amines) is 1. The first-order valence-electron chi connectivity index (χ1n) is 6.32. The van der Waals surface area contributed by atoms with Gasteiger partial charge in [0.2, 0.25) is 15.9 Å². The van der Waals surface area contributed by atoms with Gasteiger partial charge in [0, 0.05) is 26.1 Å². The lowest BCUT2D eigenvalue weighted by molar-refractivity contribution is -0.132. The molecule has 2 rings (SSSR count). The number of hydrogen-bond donors (Lipinski definition) is 1. The molecule has 1 saturated heterocycles. The number of benzene rings is 1. The van der Waals surface area contributed by atoms with Crippen molar-refractivity contribution in [3.63, 3.8) is 0 Å². The Balaban J connectivity index is 2.22. The molecular formula is C13H17FN2O3S. The van der Waals surface area contributed by atoms with Crippen molar-refractivity contribution in [2.75, 3.05) is 13.6 Å². The second-order valence-electron chi connectivity index (χ2n) is 5.01. The van der Waals surface area contributed by atoms with Crippen molar-refractivity contribution in [1.82, 2.24) is 9.62 Å². The summed E-state index contributed by atoms with van der Waals surface area (Å²) < 4.78 is 40.7. The van der Waals surface area contributed by atoms with Crippen LogP contribution < -0.4 is 4.72 Å². The van der Waals surface area contributed by atoms with E-state index in [0.717, 1.165) is 6.07 Å². The van der Waals surface area contributed by atoms with Crippen LogP contribution in [0.2, 0.25) is 0 Å². The summed E-state index contributed by atoms with van der Waals surface area (Å²) in [6.07, 6.45) is 0.623. The maximum absolute atomic E-state index is 13.7. The Morgan fingerprint density at radius 2 is 2.10 bits per heavy atom. The monoisotopic (exact) mass is 300 g/mol. The fourth-order valence-electron chi connectivity index (χ4n) is 2.28. The number of hydrogen-bond acceptors (Lipinski definition) is 3. The minimum Gasteiger partial charge on any atom is -0.346 e. The third-order valence-electron chi connectivity index (χ3n) is 3.41. The summed E-state index contributed by atoms with van der Waals surface area (Å²) in [7, 11) is -2.28. The van der Waals surface area contributed by atoms with Crippen LogP contribution in [0.25, 0.3) is 0 Å². The van der Waals surface area contributed by atoms with E-state index in [1.54, 1.807) is 11.9 Å². The van der Waals surface area contributed by atoms with E-state index in [4.69, 9.17) is 0 Å². The number of sulfonamides is 1. The van der Waals surface area contributed by atoms with Gasteiger partial charge in [-0.2, -0.15) is 0 Å². The fraction of sp³-hybridized carbons (Fsp3) is 0.462. The number of amides is 1. The molecule has 1 fully saturated rings. The predicted octanol–water partition coefficient (Wildman–Crippen LogP) is 1.03. The van der Waals surface area contributed by atoms with E-state index in [1.165, 1.54) is 19.1 Å². The quantitative estimate of drug-likeness (QED) is 0.907. The van der Waals surface area contributed by atoms with Crippen molar-refractivity contribution in [2.24, 2.45) is 0 Å². The van der Waals surface area contributed by atoms with Gasteiger partial charge in [0.25, 0.3) is 0 Å². The molecular weight excluding hydrogens is 283 g/mol. The molecule has 1 unspecified atom stereocenters. The minimum absolute atomic E-state index is 0.100. The number of nitrogens with zero attached hydrogens (tertiary/aromatic N) is 1.